The van der Waals surface area contributed by atoms with Gasteiger partial charge in [-0.3, -0.25) is 0 Å². The van der Waals surface area contributed by atoms with Gasteiger partial charge in [-0.2, -0.15) is 0 Å². The van der Waals surface area contributed by atoms with Gasteiger partial charge in [-0.1, -0.05) is 36.2 Å². The Kier molecular flexibility index (Phi) is 5.58. The maximum absolute atomic E-state index is 6.04. The van der Waals surface area contributed by atoms with Crippen molar-refractivity contribution in [3.05, 3.63) is 34.9 Å². The van der Waals surface area contributed by atoms with Crippen LogP contribution in [0.25, 0.3) is 0 Å². The number of hydrogen-bond donors (Lipinski definition) is 1. The molecule has 3 heteroatoms. The summed E-state index contributed by atoms with van der Waals surface area (Å²) in [5.41, 5.74) is 4.01. The van der Waals surface area contributed by atoms with E-state index in [0.717, 1.165) is 32.7 Å². The predicted octanol–water partition coefficient (Wildman–Crippen LogP) is 2.67. The maximum Gasteiger partial charge on any atom is 0.0896 e. The standard InChI is InChI=1S/C17H28N2O/c1-5-6-18-17(16-12-19(4)7-8-20-16)15-10-13(2)9-14(3)11-15/h9-11,16-18H,5-8,12H2,1-4H3. The number of nitrogens with one attached hydrogen (secondary N) is 1. The Balaban J connectivity index is 2.21. The predicted molar refractivity (Wildman–Crippen MR) is 84.2 cm³/mol. The molecule has 0 aromatic heterocycles. The van der Waals surface area contributed by atoms with Crippen molar-refractivity contribution in [3.63, 3.8) is 0 Å². The lowest BCUT2D eigenvalue weighted by atomic mass is 9.96. The van der Waals surface area contributed by atoms with Gasteiger partial charge in [0.05, 0.1) is 18.8 Å². The average Bonchev–Trinajstić information content (AvgIpc) is 2.38. The molecule has 1 saturated heterocycles. The Hall–Kier alpha value is -0.900. The normalized spacial score (nSPS) is 21.9. The second kappa shape index (κ2) is 7.21. The number of morpholine rings is 1. The van der Waals surface area contributed by atoms with E-state index in [2.05, 4.69) is 56.2 Å². The molecule has 112 valence electrons. The number of likely N-dealkylation sites (N-methyl/N-ethyl adjacent to an activating group) is 1. The van der Waals surface area contributed by atoms with Crippen LogP contribution in [-0.4, -0.2) is 44.3 Å². The first kappa shape index (κ1) is 15.5. The van der Waals surface area contributed by atoms with E-state index in [4.69, 9.17) is 4.74 Å². The van der Waals surface area contributed by atoms with Crippen LogP contribution < -0.4 is 5.32 Å². The van der Waals surface area contributed by atoms with Gasteiger partial charge in [-0.25, -0.2) is 0 Å². The molecule has 20 heavy (non-hydrogen) atoms. The van der Waals surface area contributed by atoms with E-state index in [1.54, 1.807) is 0 Å². The van der Waals surface area contributed by atoms with Crippen molar-refractivity contribution in [2.75, 3.05) is 33.3 Å². The Morgan fingerprint density at radius 3 is 2.60 bits per heavy atom. The molecule has 0 bridgehead atoms. The molecule has 2 atom stereocenters. The van der Waals surface area contributed by atoms with Crippen LogP contribution >= 0.6 is 0 Å². The first-order chi connectivity index (χ1) is 9.60. The van der Waals surface area contributed by atoms with E-state index in [0.29, 0.717) is 0 Å². The lowest BCUT2D eigenvalue weighted by molar-refractivity contribution is -0.0392. The Morgan fingerprint density at radius 1 is 1.30 bits per heavy atom. The molecular formula is C17H28N2O. The Labute approximate surface area is 123 Å². The molecule has 2 rings (SSSR count). The van der Waals surface area contributed by atoms with Gasteiger partial charge in [0.2, 0.25) is 0 Å². The molecule has 1 aromatic carbocycles. The SMILES string of the molecule is CCCNC(c1cc(C)cc(C)c1)C1CN(C)CCO1. The second-order valence-electron chi connectivity index (χ2n) is 6.02. The first-order valence-corrected chi connectivity index (χ1v) is 7.72. The smallest absolute Gasteiger partial charge is 0.0896 e. The largest absolute Gasteiger partial charge is 0.374 e. The number of aryl methyl sites for hydroxylation is 2. The van der Waals surface area contributed by atoms with Crippen LogP contribution in [0.4, 0.5) is 0 Å². The molecule has 0 spiro atoms. The van der Waals surface area contributed by atoms with Gasteiger partial charge in [-0.05, 0) is 39.4 Å². The highest BCUT2D eigenvalue weighted by atomic mass is 16.5. The summed E-state index contributed by atoms with van der Waals surface area (Å²) < 4.78 is 6.04. The summed E-state index contributed by atoms with van der Waals surface area (Å²) >= 11 is 0. The Bertz CT molecular complexity index is 413. The summed E-state index contributed by atoms with van der Waals surface area (Å²) in [5.74, 6) is 0. The van der Waals surface area contributed by atoms with E-state index in [9.17, 15) is 0 Å². The van der Waals surface area contributed by atoms with Crippen molar-refractivity contribution in [2.24, 2.45) is 0 Å². The van der Waals surface area contributed by atoms with Gasteiger partial charge in [0.25, 0.3) is 0 Å². The molecule has 1 aliphatic heterocycles. The zero-order chi connectivity index (χ0) is 14.5. The number of ether oxygens (including phenoxy) is 1. The molecule has 0 radical (unpaired) electrons. The monoisotopic (exact) mass is 276 g/mol. The van der Waals surface area contributed by atoms with E-state index in [-0.39, 0.29) is 12.1 Å². The molecule has 3 nitrogen and oxygen atoms in total. The van der Waals surface area contributed by atoms with E-state index in [1.807, 2.05) is 0 Å². The molecule has 1 aliphatic rings. The van der Waals surface area contributed by atoms with Crippen molar-refractivity contribution >= 4 is 0 Å². The molecule has 0 amide bonds. The first-order valence-electron chi connectivity index (χ1n) is 7.72. The zero-order valence-electron chi connectivity index (χ0n) is 13.3. The zero-order valence-corrected chi connectivity index (χ0v) is 13.3. The molecule has 1 fully saturated rings. The fraction of sp³-hybridized carbons (Fsp3) is 0.647. The molecule has 0 aliphatic carbocycles. The summed E-state index contributed by atoms with van der Waals surface area (Å²) in [6, 6.07) is 7.10. The van der Waals surface area contributed by atoms with Gasteiger partial charge in [0.15, 0.2) is 0 Å². The van der Waals surface area contributed by atoms with Crippen molar-refractivity contribution in [3.8, 4) is 0 Å². The van der Waals surface area contributed by atoms with Crippen molar-refractivity contribution < 1.29 is 4.74 Å². The van der Waals surface area contributed by atoms with Gasteiger partial charge in [-0.15, -0.1) is 0 Å². The lowest BCUT2D eigenvalue weighted by Crippen LogP contribution is -2.46. The van der Waals surface area contributed by atoms with Crippen molar-refractivity contribution in [1.82, 2.24) is 10.2 Å². The van der Waals surface area contributed by atoms with Crippen LogP contribution in [0.15, 0.2) is 18.2 Å². The number of benzene rings is 1. The number of rotatable bonds is 5. The minimum Gasteiger partial charge on any atom is -0.374 e. The molecule has 2 unspecified atom stereocenters. The fourth-order valence-corrected chi connectivity index (χ4v) is 2.97. The van der Waals surface area contributed by atoms with Crippen molar-refractivity contribution in [2.45, 2.75) is 39.3 Å². The van der Waals surface area contributed by atoms with Crippen LogP contribution in [0.2, 0.25) is 0 Å². The Morgan fingerprint density at radius 2 is 2.00 bits per heavy atom. The number of nitrogens with zero attached hydrogens (tertiary/aromatic N) is 1. The third-order valence-corrected chi connectivity index (χ3v) is 3.89. The van der Waals surface area contributed by atoms with Crippen molar-refractivity contribution in [1.29, 1.82) is 0 Å². The molecular weight excluding hydrogens is 248 g/mol. The summed E-state index contributed by atoms with van der Waals surface area (Å²) in [7, 11) is 2.17. The summed E-state index contributed by atoms with van der Waals surface area (Å²) in [6.07, 6.45) is 1.38. The van der Waals surface area contributed by atoms with Gasteiger partial charge < -0.3 is 15.0 Å². The van der Waals surface area contributed by atoms with Crippen LogP contribution in [0, 0.1) is 13.8 Å². The third kappa shape index (κ3) is 4.05. The third-order valence-electron chi connectivity index (χ3n) is 3.89. The topological polar surface area (TPSA) is 24.5 Å². The second-order valence-corrected chi connectivity index (χ2v) is 6.02. The van der Waals surface area contributed by atoms with E-state index < -0.39 is 0 Å². The van der Waals surface area contributed by atoms with E-state index in [1.165, 1.54) is 16.7 Å². The molecule has 0 saturated carbocycles. The maximum atomic E-state index is 6.04. The lowest BCUT2D eigenvalue weighted by Gasteiger charge is -2.36. The highest BCUT2D eigenvalue weighted by molar-refractivity contribution is 5.31. The summed E-state index contributed by atoms with van der Waals surface area (Å²) in [6.45, 7) is 10.4. The highest BCUT2D eigenvalue weighted by Crippen LogP contribution is 2.24. The molecule has 1 aromatic rings. The number of hydrogen-bond acceptors (Lipinski definition) is 3. The summed E-state index contributed by atoms with van der Waals surface area (Å²) in [5, 5.41) is 3.68. The van der Waals surface area contributed by atoms with Crippen LogP contribution in [0.5, 0.6) is 0 Å². The van der Waals surface area contributed by atoms with Crippen LogP contribution in [-0.2, 0) is 4.74 Å². The fourth-order valence-electron chi connectivity index (χ4n) is 2.97. The quantitative estimate of drug-likeness (QED) is 0.895. The van der Waals surface area contributed by atoms with Crippen LogP contribution in [0.1, 0.15) is 36.1 Å². The van der Waals surface area contributed by atoms with E-state index >= 15 is 0 Å². The highest BCUT2D eigenvalue weighted by Gasteiger charge is 2.27. The molecule has 1 N–H and O–H groups in total. The van der Waals surface area contributed by atoms with Crippen LogP contribution in [0.3, 0.4) is 0 Å². The molecule has 1 heterocycles. The van der Waals surface area contributed by atoms with Gasteiger partial charge in [0.1, 0.15) is 0 Å². The minimum absolute atomic E-state index is 0.237. The van der Waals surface area contributed by atoms with Gasteiger partial charge >= 0.3 is 0 Å². The minimum atomic E-state index is 0.237. The summed E-state index contributed by atoms with van der Waals surface area (Å²) in [4.78, 5) is 2.36. The average molecular weight is 276 g/mol. The van der Waals surface area contributed by atoms with Gasteiger partial charge in [0, 0.05) is 13.1 Å².